The van der Waals surface area contributed by atoms with Crippen LogP contribution in [0.3, 0.4) is 0 Å². The number of nitrogens with zero attached hydrogens (tertiary/aromatic N) is 4. The van der Waals surface area contributed by atoms with E-state index in [-0.39, 0.29) is 11.7 Å². The van der Waals surface area contributed by atoms with Crippen molar-refractivity contribution < 1.29 is 9.18 Å². The Morgan fingerprint density at radius 2 is 1.96 bits per heavy atom. The third-order valence-corrected chi connectivity index (χ3v) is 4.38. The summed E-state index contributed by atoms with van der Waals surface area (Å²) >= 11 is 6.03. The van der Waals surface area contributed by atoms with Crippen LogP contribution in [0, 0.1) is 5.82 Å². The van der Waals surface area contributed by atoms with Crippen LogP contribution < -0.4 is 0 Å². The highest BCUT2D eigenvalue weighted by Gasteiger charge is 2.26. The van der Waals surface area contributed by atoms with Gasteiger partial charge in [-0.05, 0) is 6.07 Å². The SMILES string of the molecule is Cn1ncc(Cl)c1C(=O)N1CCN(Cc2ccccc2F)CC1. The van der Waals surface area contributed by atoms with Crippen molar-refractivity contribution in [3.8, 4) is 0 Å². The first-order valence-electron chi connectivity index (χ1n) is 7.49. The molecule has 1 aromatic carbocycles. The molecule has 3 rings (SSSR count). The van der Waals surface area contributed by atoms with Gasteiger partial charge in [-0.2, -0.15) is 5.10 Å². The molecule has 2 aromatic rings. The molecule has 23 heavy (non-hydrogen) atoms. The van der Waals surface area contributed by atoms with Gasteiger partial charge in [0.1, 0.15) is 11.5 Å². The van der Waals surface area contributed by atoms with E-state index in [9.17, 15) is 9.18 Å². The minimum atomic E-state index is -0.187. The molecule has 5 nitrogen and oxygen atoms in total. The summed E-state index contributed by atoms with van der Waals surface area (Å²) < 4.78 is 15.2. The lowest BCUT2D eigenvalue weighted by Crippen LogP contribution is -2.48. The van der Waals surface area contributed by atoms with Crippen molar-refractivity contribution in [3.05, 3.63) is 52.6 Å². The Labute approximate surface area is 139 Å². The van der Waals surface area contributed by atoms with Gasteiger partial charge in [0, 0.05) is 45.3 Å². The van der Waals surface area contributed by atoms with Crippen LogP contribution in [0.1, 0.15) is 16.1 Å². The Hall–Kier alpha value is -1.92. The van der Waals surface area contributed by atoms with Gasteiger partial charge in [-0.1, -0.05) is 29.8 Å². The number of piperazine rings is 1. The number of hydrogen-bond donors (Lipinski definition) is 0. The fraction of sp³-hybridized carbons (Fsp3) is 0.375. The summed E-state index contributed by atoms with van der Waals surface area (Å²) in [5.41, 5.74) is 1.09. The molecule has 0 radical (unpaired) electrons. The molecule has 0 saturated carbocycles. The Morgan fingerprint density at radius 1 is 1.26 bits per heavy atom. The number of benzene rings is 1. The lowest BCUT2D eigenvalue weighted by atomic mass is 10.2. The van der Waals surface area contributed by atoms with E-state index in [0.29, 0.717) is 49.0 Å². The average Bonchev–Trinajstić information content (AvgIpc) is 2.88. The summed E-state index contributed by atoms with van der Waals surface area (Å²) in [6, 6.07) is 6.79. The van der Waals surface area contributed by atoms with Crippen molar-refractivity contribution in [3.63, 3.8) is 0 Å². The maximum absolute atomic E-state index is 13.7. The normalized spacial score (nSPS) is 15.9. The maximum Gasteiger partial charge on any atom is 0.273 e. The summed E-state index contributed by atoms with van der Waals surface area (Å²) in [4.78, 5) is 16.4. The number of halogens is 2. The highest BCUT2D eigenvalue weighted by Crippen LogP contribution is 2.18. The number of hydrogen-bond acceptors (Lipinski definition) is 3. The van der Waals surface area contributed by atoms with Gasteiger partial charge in [-0.25, -0.2) is 4.39 Å². The smallest absolute Gasteiger partial charge is 0.273 e. The zero-order chi connectivity index (χ0) is 16.4. The first-order chi connectivity index (χ1) is 11.1. The van der Waals surface area contributed by atoms with Gasteiger partial charge in [0.15, 0.2) is 0 Å². The zero-order valence-electron chi connectivity index (χ0n) is 12.9. The van der Waals surface area contributed by atoms with Crippen molar-refractivity contribution in [2.24, 2.45) is 7.05 Å². The molecule has 7 heteroatoms. The second-order valence-electron chi connectivity index (χ2n) is 5.62. The lowest BCUT2D eigenvalue weighted by Gasteiger charge is -2.34. The molecule has 0 bridgehead atoms. The van der Waals surface area contributed by atoms with Crippen LogP contribution in [-0.2, 0) is 13.6 Å². The van der Waals surface area contributed by atoms with Crippen LogP contribution >= 0.6 is 11.6 Å². The van der Waals surface area contributed by atoms with E-state index in [1.165, 1.54) is 16.9 Å². The van der Waals surface area contributed by atoms with E-state index in [0.717, 1.165) is 0 Å². The van der Waals surface area contributed by atoms with Crippen LogP contribution in [0.15, 0.2) is 30.5 Å². The van der Waals surface area contributed by atoms with Gasteiger partial charge in [-0.3, -0.25) is 14.4 Å². The average molecular weight is 337 g/mol. The van der Waals surface area contributed by atoms with Crippen LogP contribution in [0.2, 0.25) is 5.02 Å². The number of aryl methyl sites for hydroxylation is 1. The fourth-order valence-electron chi connectivity index (χ4n) is 2.78. The van der Waals surface area contributed by atoms with Gasteiger partial charge in [0.05, 0.1) is 11.2 Å². The number of amides is 1. The van der Waals surface area contributed by atoms with E-state index in [2.05, 4.69) is 10.00 Å². The molecule has 1 amide bonds. The second-order valence-corrected chi connectivity index (χ2v) is 6.03. The minimum absolute atomic E-state index is 0.111. The third kappa shape index (κ3) is 3.38. The molecule has 1 aliphatic rings. The van der Waals surface area contributed by atoms with Crippen LogP contribution in [0.25, 0.3) is 0 Å². The standard InChI is InChI=1S/C16H18ClFN4O/c1-20-15(13(17)10-19-20)16(23)22-8-6-21(7-9-22)11-12-4-2-3-5-14(12)18/h2-5,10H,6-9,11H2,1H3. The Bertz CT molecular complexity index is 690. The van der Waals surface area contributed by atoms with E-state index < -0.39 is 0 Å². The summed E-state index contributed by atoms with van der Waals surface area (Å²) in [5.74, 6) is -0.298. The molecule has 0 aliphatic carbocycles. The van der Waals surface area contributed by atoms with E-state index in [1.807, 2.05) is 6.07 Å². The molecule has 1 aliphatic heterocycles. The topological polar surface area (TPSA) is 41.4 Å². The molecule has 0 spiro atoms. The minimum Gasteiger partial charge on any atom is -0.335 e. The molecule has 0 atom stereocenters. The van der Waals surface area contributed by atoms with Crippen molar-refractivity contribution in [1.29, 1.82) is 0 Å². The van der Waals surface area contributed by atoms with E-state index in [1.54, 1.807) is 24.1 Å². The molecule has 1 fully saturated rings. The highest BCUT2D eigenvalue weighted by molar-refractivity contribution is 6.33. The molecular formula is C16H18ClFN4O. The molecule has 122 valence electrons. The van der Waals surface area contributed by atoms with Crippen molar-refractivity contribution in [2.75, 3.05) is 26.2 Å². The van der Waals surface area contributed by atoms with Gasteiger partial charge < -0.3 is 4.90 Å². The number of aromatic nitrogens is 2. The number of carbonyl (C=O) groups excluding carboxylic acids is 1. The zero-order valence-corrected chi connectivity index (χ0v) is 13.6. The van der Waals surface area contributed by atoms with Gasteiger partial charge in [0.25, 0.3) is 5.91 Å². The van der Waals surface area contributed by atoms with E-state index in [4.69, 9.17) is 11.6 Å². The van der Waals surface area contributed by atoms with Crippen LogP contribution in [0.5, 0.6) is 0 Å². The number of carbonyl (C=O) groups is 1. The van der Waals surface area contributed by atoms with Crippen LogP contribution in [0.4, 0.5) is 4.39 Å². The van der Waals surface area contributed by atoms with Crippen molar-refractivity contribution in [1.82, 2.24) is 19.6 Å². The quantitative estimate of drug-likeness (QED) is 0.862. The van der Waals surface area contributed by atoms with Crippen molar-refractivity contribution in [2.45, 2.75) is 6.54 Å². The highest BCUT2D eigenvalue weighted by atomic mass is 35.5. The Morgan fingerprint density at radius 3 is 2.57 bits per heavy atom. The largest absolute Gasteiger partial charge is 0.335 e. The van der Waals surface area contributed by atoms with E-state index >= 15 is 0 Å². The Kier molecular flexibility index (Phi) is 4.63. The lowest BCUT2D eigenvalue weighted by molar-refractivity contribution is 0.0616. The molecule has 0 N–H and O–H groups in total. The number of rotatable bonds is 3. The van der Waals surface area contributed by atoms with Gasteiger partial charge >= 0.3 is 0 Å². The molecular weight excluding hydrogens is 319 g/mol. The second kappa shape index (κ2) is 6.68. The summed E-state index contributed by atoms with van der Waals surface area (Å²) in [6.07, 6.45) is 1.48. The third-order valence-electron chi connectivity index (χ3n) is 4.11. The first kappa shape index (κ1) is 16.0. The molecule has 2 heterocycles. The first-order valence-corrected chi connectivity index (χ1v) is 7.86. The predicted molar refractivity (Wildman–Crippen MR) is 85.8 cm³/mol. The molecule has 1 saturated heterocycles. The van der Waals surface area contributed by atoms with Gasteiger partial charge in [0.2, 0.25) is 0 Å². The summed E-state index contributed by atoms with van der Waals surface area (Å²) in [5, 5.41) is 4.36. The predicted octanol–water partition coefficient (Wildman–Crippen LogP) is 2.17. The maximum atomic E-state index is 13.7. The van der Waals surface area contributed by atoms with Crippen LogP contribution in [-0.4, -0.2) is 51.7 Å². The van der Waals surface area contributed by atoms with Crippen molar-refractivity contribution >= 4 is 17.5 Å². The Balaban J connectivity index is 1.60. The molecule has 0 unspecified atom stereocenters. The summed E-state index contributed by atoms with van der Waals surface area (Å²) in [7, 11) is 1.70. The summed E-state index contributed by atoms with van der Waals surface area (Å²) in [6.45, 7) is 3.15. The fourth-order valence-corrected chi connectivity index (χ4v) is 3.02. The monoisotopic (exact) mass is 336 g/mol. The van der Waals surface area contributed by atoms with Gasteiger partial charge in [-0.15, -0.1) is 0 Å². The molecule has 1 aromatic heterocycles.